The second kappa shape index (κ2) is 4.71. The van der Waals surface area contributed by atoms with Crippen molar-refractivity contribution in [1.29, 1.82) is 0 Å². The lowest BCUT2D eigenvalue weighted by Crippen LogP contribution is -2.23. The smallest absolute Gasteiger partial charge is 0.231 e. The highest BCUT2D eigenvalue weighted by Crippen LogP contribution is 2.58. The molecule has 118 valence electrons. The molecule has 6 heteroatoms. The van der Waals surface area contributed by atoms with Crippen molar-refractivity contribution in [2.24, 2.45) is 0 Å². The zero-order valence-corrected chi connectivity index (χ0v) is 13.9. The van der Waals surface area contributed by atoms with Crippen molar-refractivity contribution >= 4 is 15.9 Å². The standard InChI is InChI=1S/C17H13BrO5/c1-19-8-2-3-9-12(4-8)20-6-11-10-5-13-17(22-7-21-13)14(18)16(10)23-15(9)11/h2-5,11,15H,6-7H2,1H3. The van der Waals surface area contributed by atoms with E-state index in [1.807, 2.05) is 24.3 Å². The molecule has 3 aliphatic rings. The summed E-state index contributed by atoms with van der Waals surface area (Å²) in [6, 6.07) is 7.84. The average molecular weight is 377 g/mol. The molecule has 0 saturated carbocycles. The molecule has 0 aliphatic carbocycles. The van der Waals surface area contributed by atoms with Gasteiger partial charge in [0, 0.05) is 17.2 Å². The van der Waals surface area contributed by atoms with Crippen LogP contribution in [0.15, 0.2) is 28.7 Å². The average Bonchev–Trinajstić information content (AvgIpc) is 3.19. The maximum Gasteiger partial charge on any atom is 0.231 e. The maximum absolute atomic E-state index is 6.26. The summed E-state index contributed by atoms with van der Waals surface area (Å²) in [6.07, 6.45) is -0.0708. The van der Waals surface area contributed by atoms with Gasteiger partial charge in [-0.2, -0.15) is 0 Å². The summed E-state index contributed by atoms with van der Waals surface area (Å²) < 4.78 is 29.3. The van der Waals surface area contributed by atoms with Crippen LogP contribution in [0.5, 0.6) is 28.7 Å². The van der Waals surface area contributed by atoms with Gasteiger partial charge in [-0.3, -0.25) is 0 Å². The lowest BCUT2D eigenvalue weighted by atomic mass is 9.89. The molecule has 0 N–H and O–H groups in total. The molecule has 23 heavy (non-hydrogen) atoms. The van der Waals surface area contributed by atoms with E-state index in [1.54, 1.807) is 7.11 Å². The number of methoxy groups -OCH3 is 1. The molecular weight excluding hydrogens is 364 g/mol. The van der Waals surface area contributed by atoms with Gasteiger partial charge in [-0.25, -0.2) is 0 Å². The van der Waals surface area contributed by atoms with E-state index >= 15 is 0 Å². The first-order chi connectivity index (χ1) is 11.3. The van der Waals surface area contributed by atoms with E-state index in [2.05, 4.69) is 15.9 Å². The summed E-state index contributed by atoms with van der Waals surface area (Å²) in [5, 5.41) is 0. The molecule has 5 rings (SSSR count). The Morgan fingerprint density at radius 3 is 2.83 bits per heavy atom. The summed E-state index contributed by atoms with van der Waals surface area (Å²) in [5.74, 6) is 4.00. The first-order valence-corrected chi connectivity index (χ1v) is 8.15. The third kappa shape index (κ3) is 1.78. The predicted molar refractivity (Wildman–Crippen MR) is 84.9 cm³/mol. The number of hydrogen-bond donors (Lipinski definition) is 0. The summed E-state index contributed by atoms with van der Waals surface area (Å²) in [7, 11) is 1.65. The zero-order chi connectivity index (χ0) is 15.6. The molecule has 2 unspecified atom stereocenters. The molecule has 3 heterocycles. The van der Waals surface area contributed by atoms with E-state index in [9.17, 15) is 0 Å². The second-order valence-electron chi connectivity index (χ2n) is 5.70. The van der Waals surface area contributed by atoms with Crippen LogP contribution in [0.4, 0.5) is 0 Å². The van der Waals surface area contributed by atoms with Gasteiger partial charge >= 0.3 is 0 Å². The van der Waals surface area contributed by atoms with Crippen molar-refractivity contribution in [1.82, 2.24) is 0 Å². The Kier molecular flexibility index (Phi) is 2.74. The van der Waals surface area contributed by atoms with Crippen LogP contribution in [0.3, 0.4) is 0 Å². The van der Waals surface area contributed by atoms with E-state index in [1.165, 1.54) is 0 Å². The lowest BCUT2D eigenvalue weighted by molar-refractivity contribution is 0.137. The fourth-order valence-electron chi connectivity index (χ4n) is 3.41. The number of ether oxygens (including phenoxy) is 5. The Hall–Kier alpha value is -2.08. The quantitative estimate of drug-likeness (QED) is 0.757. The molecule has 5 nitrogen and oxygen atoms in total. The number of rotatable bonds is 1. The fourth-order valence-corrected chi connectivity index (χ4v) is 4.04. The van der Waals surface area contributed by atoms with Crippen molar-refractivity contribution < 1.29 is 23.7 Å². The molecule has 0 amide bonds. The van der Waals surface area contributed by atoms with Crippen LogP contribution in [0.2, 0.25) is 0 Å². The number of fused-ring (bicyclic) bond motifs is 6. The first kappa shape index (κ1) is 13.4. The Labute approximate surface area is 141 Å². The predicted octanol–water partition coefficient (Wildman–Crippen LogP) is 3.80. The van der Waals surface area contributed by atoms with Crippen LogP contribution in [-0.2, 0) is 0 Å². The van der Waals surface area contributed by atoms with Crippen LogP contribution in [0.1, 0.15) is 23.1 Å². The number of hydrogen-bond acceptors (Lipinski definition) is 5. The van der Waals surface area contributed by atoms with Gasteiger partial charge in [0.15, 0.2) is 11.5 Å². The normalized spacial score (nSPS) is 22.5. The molecule has 2 aromatic carbocycles. The molecule has 0 aromatic heterocycles. The van der Waals surface area contributed by atoms with Crippen molar-refractivity contribution in [3.63, 3.8) is 0 Å². The van der Waals surface area contributed by atoms with Gasteiger partial charge < -0.3 is 23.7 Å². The first-order valence-electron chi connectivity index (χ1n) is 7.35. The minimum Gasteiger partial charge on any atom is -0.497 e. The van der Waals surface area contributed by atoms with E-state index in [0.717, 1.165) is 38.6 Å². The van der Waals surface area contributed by atoms with Crippen molar-refractivity contribution in [3.05, 3.63) is 39.9 Å². The van der Waals surface area contributed by atoms with Gasteiger partial charge in [-0.15, -0.1) is 0 Å². The topological polar surface area (TPSA) is 46.2 Å². The van der Waals surface area contributed by atoms with Crippen molar-refractivity contribution in [2.45, 2.75) is 12.0 Å². The molecule has 3 aliphatic heterocycles. The van der Waals surface area contributed by atoms with Gasteiger partial charge in [0.05, 0.1) is 19.6 Å². The monoisotopic (exact) mass is 376 g/mol. The summed E-state index contributed by atoms with van der Waals surface area (Å²) in [4.78, 5) is 0. The minimum atomic E-state index is -0.0708. The molecule has 2 aromatic rings. The van der Waals surface area contributed by atoms with E-state index < -0.39 is 0 Å². The molecule has 0 spiro atoms. The Balaban J connectivity index is 1.61. The third-order valence-electron chi connectivity index (χ3n) is 4.54. The van der Waals surface area contributed by atoms with E-state index in [-0.39, 0.29) is 18.8 Å². The van der Waals surface area contributed by atoms with Crippen LogP contribution in [0.25, 0.3) is 0 Å². The van der Waals surface area contributed by atoms with Crippen molar-refractivity contribution in [3.8, 4) is 28.7 Å². The molecular formula is C17H13BrO5. The molecule has 0 fully saturated rings. The summed E-state index contributed by atoms with van der Waals surface area (Å²) in [6.45, 7) is 0.800. The second-order valence-corrected chi connectivity index (χ2v) is 6.50. The SMILES string of the molecule is COc1ccc2c(c1)OCC1c3cc4c(c(Br)c3OC21)OCO4. The van der Waals surface area contributed by atoms with Crippen LogP contribution in [-0.4, -0.2) is 20.5 Å². The molecule has 0 saturated heterocycles. The van der Waals surface area contributed by atoms with Gasteiger partial charge in [-0.05, 0) is 34.1 Å². The number of halogens is 1. The zero-order valence-electron chi connectivity index (χ0n) is 12.3. The summed E-state index contributed by atoms with van der Waals surface area (Å²) >= 11 is 3.59. The largest absolute Gasteiger partial charge is 0.497 e. The van der Waals surface area contributed by atoms with Gasteiger partial charge in [0.2, 0.25) is 6.79 Å². The van der Waals surface area contributed by atoms with Crippen molar-refractivity contribution in [2.75, 3.05) is 20.5 Å². The van der Waals surface area contributed by atoms with Gasteiger partial charge in [-0.1, -0.05) is 0 Å². The maximum atomic E-state index is 6.26. The fraction of sp³-hybridized carbons (Fsp3) is 0.294. The van der Waals surface area contributed by atoms with Crippen LogP contribution < -0.4 is 23.7 Å². The number of benzene rings is 2. The minimum absolute atomic E-state index is 0.0708. The van der Waals surface area contributed by atoms with E-state index in [0.29, 0.717) is 12.4 Å². The third-order valence-corrected chi connectivity index (χ3v) is 5.26. The highest BCUT2D eigenvalue weighted by Gasteiger charge is 2.43. The Bertz CT molecular complexity index is 819. The highest BCUT2D eigenvalue weighted by atomic mass is 79.9. The van der Waals surface area contributed by atoms with Crippen LogP contribution in [0, 0.1) is 0 Å². The highest BCUT2D eigenvalue weighted by molar-refractivity contribution is 9.10. The van der Waals surface area contributed by atoms with E-state index in [4.69, 9.17) is 23.7 Å². The summed E-state index contributed by atoms with van der Waals surface area (Å²) in [5.41, 5.74) is 2.12. The van der Waals surface area contributed by atoms with Gasteiger partial charge in [0.1, 0.15) is 27.8 Å². The Morgan fingerprint density at radius 1 is 1.04 bits per heavy atom. The van der Waals surface area contributed by atoms with Gasteiger partial charge in [0.25, 0.3) is 0 Å². The Morgan fingerprint density at radius 2 is 1.96 bits per heavy atom. The lowest BCUT2D eigenvalue weighted by Gasteiger charge is -2.28. The molecule has 0 bridgehead atoms. The van der Waals surface area contributed by atoms with Crippen LogP contribution >= 0.6 is 15.9 Å². The molecule has 2 atom stereocenters. The molecule has 0 radical (unpaired) electrons.